The number of fused-ring (bicyclic) bond motifs is 1. The van der Waals surface area contributed by atoms with E-state index in [0.717, 1.165) is 18.7 Å². The molecule has 0 aliphatic carbocycles. The highest BCUT2D eigenvalue weighted by Gasteiger charge is 2.30. The molecule has 1 aliphatic heterocycles. The molecule has 0 radical (unpaired) electrons. The van der Waals surface area contributed by atoms with Gasteiger partial charge in [0.05, 0.1) is 5.56 Å². The first-order chi connectivity index (χ1) is 14.1. The first-order valence-electron chi connectivity index (χ1n) is 9.47. The number of nitrogens with two attached hydrogens (primary N) is 1. The van der Waals surface area contributed by atoms with Crippen LogP contribution in [-0.2, 0) is 19.6 Å². The molecule has 148 valence electrons. The van der Waals surface area contributed by atoms with Crippen molar-refractivity contribution in [1.82, 2.24) is 15.2 Å². The van der Waals surface area contributed by atoms with E-state index in [9.17, 15) is 9.59 Å². The van der Waals surface area contributed by atoms with Crippen molar-refractivity contribution in [1.29, 1.82) is 0 Å². The second-order valence-corrected chi connectivity index (χ2v) is 7.08. The van der Waals surface area contributed by atoms with Gasteiger partial charge in [-0.3, -0.25) is 14.6 Å². The highest BCUT2D eigenvalue weighted by atomic mass is 16.2. The number of H-pyrrole nitrogens is 1. The Balaban J connectivity index is 1.62. The summed E-state index contributed by atoms with van der Waals surface area (Å²) in [6.07, 6.45) is 1.79. The van der Waals surface area contributed by atoms with Gasteiger partial charge < -0.3 is 16.0 Å². The third kappa shape index (κ3) is 4.14. The maximum atomic E-state index is 12.5. The fourth-order valence-electron chi connectivity index (χ4n) is 3.64. The number of rotatable bonds is 6. The Morgan fingerprint density at radius 2 is 1.55 bits per heavy atom. The molecule has 1 aromatic heterocycles. The van der Waals surface area contributed by atoms with Gasteiger partial charge in [0.25, 0.3) is 5.91 Å². The first kappa shape index (κ1) is 18.8. The van der Waals surface area contributed by atoms with Crippen LogP contribution < -0.4 is 16.0 Å². The molecule has 29 heavy (non-hydrogen) atoms. The summed E-state index contributed by atoms with van der Waals surface area (Å²) in [6.45, 7) is 2.09. The monoisotopic (exact) mass is 389 g/mol. The van der Waals surface area contributed by atoms with Crippen molar-refractivity contribution in [2.24, 2.45) is 5.73 Å². The molecule has 0 saturated carbocycles. The lowest BCUT2D eigenvalue weighted by Crippen LogP contribution is -2.48. The molecule has 0 spiro atoms. The van der Waals surface area contributed by atoms with Crippen molar-refractivity contribution in [3.8, 4) is 0 Å². The lowest BCUT2D eigenvalue weighted by atomic mass is 10.1. The largest absolute Gasteiger partial charge is 0.351 e. The minimum Gasteiger partial charge on any atom is -0.351 e. The van der Waals surface area contributed by atoms with Crippen LogP contribution in [0.3, 0.4) is 0 Å². The molecule has 3 aromatic rings. The van der Waals surface area contributed by atoms with Crippen LogP contribution >= 0.6 is 0 Å². The predicted molar refractivity (Wildman–Crippen MR) is 111 cm³/mol. The number of hydrogen-bond donors (Lipinski definition) is 3. The maximum Gasteiger partial charge on any atom is 0.321 e. The summed E-state index contributed by atoms with van der Waals surface area (Å²) < 4.78 is 0. The summed E-state index contributed by atoms with van der Waals surface area (Å²) in [7, 11) is 0. The molecule has 2 heterocycles. The van der Waals surface area contributed by atoms with Gasteiger partial charge in [-0.1, -0.05) is 60.7 Å². The van der Waals surface area contributed by atoms with Gasteiger partial charge in [0.2, 0.25) is 0 Å². The van der Waals surface area contributed by atoms with Crippen molar-refractivity contribution in [2.75, 3.05) is 11.6 Å². The fraction of sp³-hybridized carbons (Fsp3) is 0.182. The molecule has 4 N–H and O–H groups in total. The second kappa shape index (κ2) is 8.20. The molecular formula is C22H23N5O2. The zero-order valence-electron chi connectivity index (χ0n) is 16.0. The summed E-state index contributed by atoms with van der Waals surface area (Å²) in [4.78, 5) is 30.9. The molecular weight excluding hydrogens is 366 g/mol. The second-order valence-electron chi connectivity index (χ2n) is 7.08. The Morgan fingerprint density at radius 1 is 0.966 bits per heavy atom. The smallest absolute Gasteiger partial charge is 0.321 e. The van der Waals surface area contributed by atoms with Gasteiger partial charge in [-0.05, 0) is 16.7 Å². The number of nitrogens with zero attached hydrogens (tertiary/aromatic N) is 2. The number of aromatic nitrogens is 1. The van der Waals surface area contributed by atoms with E-state index in [2.05, 4.69) is 39.5 Å². The summed E-state index contributed by atoms with van der Waals surface area (Å²) >= 11 is 0. The number of amides is 3. The first-order valence-corrected chi connectivity index (χ1v) is 9.47. The van der Waals surface area contributed by atoms with Gasteiger partial charge >= 0.3 is 6.03 Å². The van der Waals surface area contributed by atoms with Gasteiger partial charge in [-0.15, -0.1) is 0 Å². The highest BCUT2D eigenvalue weighted by molar-refractivity contribution is 6.07. The zero-order valence-corrected chi connectivity index (χ0v) is 16.0. The van der Waals surface area contributed by atoms with Crippen LogP contribution in [0.1, 0.15) is 27.0 Å². The number of nitrogens with one attached hydrogen (secondary N) is 2. The van der Waals surface area contributed by atoms with Crippen LogP contribution in [0.15, 0.2) is 66.9 Å². The van der Waals surface area contributed by atoms with Crippen LogP contribution in [0.5, 0.6) is 0 Å². The van der Waals surface area contributed by atoms with E-state index in [4.69, 9.17) is 5.73 Å². The van der Waals surface area contributed by atoms with Gasteiger partial charge in [-0.2, -0.15) is 0 Å². The van der Waals surface area contributed by atoms with Gasteiger partial charge in [0.1, 0.15) is 12.5 Å². The Bertz CT molecular complexity index is 959. The van der Waals surface area contributed by atoms with E-state index in [1.807, 2.05) is 36.4 Å². The maximum absolute atomic E-state index is 12.5. The van der Waals surface area contributed by atoms with Crippen molar-refractivity contribution >= 4 is 17.8 Å². The normalized spacial score (nSPS) is 13.3. The van der Waals surface area contributed by atoms with Crippen molar-refractivity contribution < 1.29 is 9.59 Å². The topological polar surface area (TPSA) is 94.5 Å². The molecule has 4 rings (SSSR count). The minimum absolute atomic E-state index is 0.0683. The van der Waals surface area contributed by atoms with Gasteiger partial charge in [0.15, 0.2) is 0 Å². The van der Waals surface area contributed by atoms with Crippen molar-refractivity contribution in [3.05, 3.63) is 89.1 Å². The van der Waals surface area contributed by atoms with E-state index in [0.29, 0.717) is 17.9 Å². The molecule has 7 heteroatoms. The number of anilines is 1. The molecule has 1 aliphatic rings. The predicted octanol–water partition coefficient (Wildman–Crippen LogP) is 2.80. The number of hydrogen-bond acceptors (Lipinski definition) is 3. The van der Waals surface area contributed by atoms with Crippen LogP contribution in [0.2, 0.25) is 0 Å². The number of aromatic amines is 1. The fourth-order valence-corrected chi connectivity index (χ4v) is 3.64. The highest BCUT2D eigenvalue weighted by Crippen LogP contribution is 2.27. The standard InChI is InChI=1S/C22H23N5O2/c23-22(29)27-15-25-21(28)19-18(11-24-20(19)27)14-26(12-16-7-3-1-4-8-16)13-17-9-5-2-6-10-17/h1-11,24H,12-15H2,(H2,23,29)(H,25,28). The average molecular weight is 389 g/mol. The lowest BCUT2D eigenvalue weighted by molar-refractivity contribution is 0.0947. The third-order valence-corrected chi connectivity index (χ3v) is 4.99. The van der Waals surface area contributed by atoms with Crippen LogP contribution in [0.25, 0.3) is 0 Å². The van der Waals surface area contributed by atoms with E-state index in [-0.39, 0.29) is 12.6 Å². The number of carbonyl (C=O) groups excluding carboxylic acids is 2. The van der Waals surface area contributed by atoms with Gasteiger partial charge in [0, 0.05) is 25.8 Å². The average Bonchev–Trinajstić information content (AvgIpc) is 3.14. The number of benzene rings is 2. The van der Waals surface area contributed by atoms with Crippen LogP contribution in [0, 0.1) is 0 Å². The van der Waals surface area contributed by atoms with Crippen LogP contribution in [0.4, 0.5) is 10.6 Å². The van der Waals surface area contributed by atoms with E-state index >= 15 is 0 Å². The number of carbonyl (C=O) groups is 2. The summed E-state index contributed by atoms with van der Waals surface area (Å²) in [5.41, 5.74) is 9.13. The molecule has 0 atom stereocenters. The number of primary amides is 1. The summed E-state index contributed by atoms with van der Waals surface area (Å²) in [5, 5.41) is 2.72. The SMILES string of the molecule is NC(=O)N1CNC(=O)c2c(CN(Cc3ccccc3)Cc3ccccc3)c[nH]c21. The molecule has 0 unspecified atom stereocenters. The Hall–Kier alpha value is -3.58. The third-order valence-electron chi connectivity index (χ3n) is 4.99. The van der Waals surface area contributed by atoms with Gasteiger partial charge in [-0.25, -0.2) is 4.79 Å². The Labute approximate surface area is 169 Å². The van der Waals surface area contributed by atoms with E-state index < -0.39 is 6.03 Å². The lowest BCUT2D eigenvalue weighted by Gasteiger charge is -2.27. The van der Waals surface area contributed by atoms with Crippen molar-refractivity contribution in [2.45, 2.75) is 19.6 Å². The van der Waals surface area contributed by atoms with Crippen LogP contribution in [-0.4, -0.2) is 28.5 Å². The molecule has 0 bridgehead atoms. The Morgan fingerprint density at radius 3 is 2.10 bits per heavy atom. The van der Waals surface area contributed by atoms with Crippen molar-refractivity contribution in [3.63, 3.8) is 0 Å². The minimum atomic E-state index is -0.606. The molecule has 2 aromatic carbocycles. The summed E-state index contributed by atoms with van der Waals surface area (Å²) in [5.74, 6) is 0.253. The molecule has 7 nitrogen and oxygen atoms in total. The zero-order chi connectivity index (χ0) is 20.2. The van der Waals surface area contributed by atoms with E-state index in [1.54, 1.807) is 6.20 Å². The Kier molecular flexibility index (Phi) is 5.31. The quantitative estimate of drug-likeness (QED) is 0.605. The molecule has 0 saturated heterocycles. The molecule has 3 amide bonds. The van der Waals surface area contributed by atoms with E-state index in [1.165, 1.54) is 16.0 Å². The summed E-state index contributed by atoms with van der Waals surface area (Å²) in [6, 6.07) is 19.8. The number of urea groups is 1. The molecule has 0 fully saturated rings.